The van der Waals surface area contributed by atoms with Crippen LogP contribution in [0.3, 0.4) is 0 Å². The molecule has 6 nitrogen and oxygen atoms in total. The normalized spacial score (nSPS) is 9.94. The molecule has 0 bridgehead atoms. The van der Waals surface area contributed by atoms with E-state index in [1.165, 1.54) is 6.92 Å². The van der Waals surface area contributed by atoms with E-state index in [1.54, 1.807) is 158 Å². The van der Waals surface area contributed by atoms with Crippen LogP contribution in [0, 0.1) is 20.8 Å². The Bertz CT molecular complexity index is 3710. The Balaban J connectivity index is 0.000000186. The SMILES string of the molecule is CC(=O)c1ccc(Cl)cc1.CCC(=O)c1ccc(Cl)cc1.Cc1ccc(C(=O)c2ccc(Cl)cc2)cc1.Cc1cccc(C(=O)c2ccc(Cl)cc2)c1.Cc1ccccc1C(=O)c1ccc(Cl)cc1.O=C(c1ccccc1)c1ccc(Cl)cc1. The van der Waals surface area contributed by atoms with Crippen molar-refractivity contribution in [2.75, 3.05) is 0 Å². The van der Waals surface area contributed by atoms with Crippen LogP contribution < -0.4 is 0 Å². The van der Waals surface area contributed by atoms with Gasteiger partial charge in [-0.3, -0.25) is 28.8 Å². The van der Waals surface area contributed by atoms with Crippen molar-refractivity contribution in [2.24, 2.45) is 0 Å². The number of halogens is 6. The minimum absolute atomic E-state index is 0.0206. The molecule has 0 radical (unpaired) electrons. The monoisotopic (exact) mass is 1230 g/mol. The quantitative estimate of drug-likeness (QED) is 0.120. The number of carbonyl (C=O) groups excluding carboxylic acids is 6. The van der Waals surface area contributed by atoms with Crippen molar-refractivity contribution in [3.05, 3.63) is 351 Å². The summed E-state index contributed by atoms with van der Waals surface area (Å²) < 4.78 is 0. The van der Waals surface area contributed by atoms with Gasteiger partial charge in [-0.25, -0.2) is 0 Å². The highest BCUT2D eigenvalue weighted by Crippen LogP contribution is 2.20. The van der Waals surface area contributed by atoms with Gasteiger partial charge in [0.05, 0.1) is 0 Å². The average Bonchev–Trinajstić information content (AvgIpc) is 3.55. The van der Waals surface area contributed by atoms with Gasteiger partial charge in [-0.1, -0.05) is 185 Å². The lowest BCUT2D eigenvalue weighted by Gasteiger charge is -2.04. The summed E-state index contributed by atoms with van der Waals surface area (Å²) in [7, 11) is 0. The van der Waals surface area contributed by atoms with E-state index in [-0.39, 0.29) is 34.7 Å². The van der Waals surface area contributed by atoms with Crippen LogP contribution in [0.2, 0.25) is 30.1 Å². The van der Waals surface area contributed by atoms with Gasteiger partial charge < -0.3 is 0 Å². The first-order valence-electron chi connectivity index (χ1n) is 26.2. The summed E-state index contributed by atoms with van der Waals surface area (Å²) in [6.45, 7) is 9.28. The van der Waals surface area contributed by atoms with E-state index in [1.807, 2.05) is 119 Å². The van der Waals surface area contributed by atoms with Crippen LogP contribution in [0.5, 0.6) is 0 Å². The van der Waals surface area contributed by atoms with Crippen LogP contribution >= 0.6 is 69.6 Å². The van der Waals surface area contributed by atoms with Crippen LogP contribution in [0.4, 0.5) is 0 Å². The predicted molar refractivity (Wildman–Crippen MR) is 347 cm³/mol. The molecule has 84 heavy (non-hydrogen) atoms. The molecule has 424 valence electrons. The Morgan fingerprint density at radius 3 is 0.940 bits per heavy atom. The Hall–Kier alpha value is -8.04. The highest BCUT2D eigenvalue weighted by atomic mass is 35.5. The first kappa shape index (κ1) is 66.8. The zero-order valence-corrected chi connectivity index (χ0v) is 51.1. The lowest BCUT2D eigenvalue weighted by molar-refractivity contribution is 0.0984. The van der Waals surface area contributed by atoms with Crippen molar-refractivity contribution in [3.63, 3.8) is 0 Å². The highest BCUT2D eigenvalue weighted by molar-refractivity contribution is 6.32. The van der Waals surface area contributed by atoms with Crippen molar-refractivity contribution in [3.8, 4) is 0 Å². The van der Waals surface area contributed by atoms with E-state index in [0.29, 0.717) is 81.1 Å². The van der Waals surface area contributed by atoms with Gasteiger partial charge in [-0.2, -0.15) is 0 Å². The Morgan fingerprint density at radius 2 is 0.583 bits per heavy atom. The molecule has 0 aliphatic rings. The minimum atomic E-state index is 0.0206. The second kappa shape index (κ2) is 34.5. The number of carbonyl (C=O) groups is 6. The fourth-order valence-electron chi connectivity index (χ4n) is 7.49. The van der Waals surface area contributed by atoms with Crippen molar-refractivity contribution < 1.29 is 28.8 Å². The van der Waals surface area contributed by atoms with Gasteiger partial charge in [-0.05, 0) is 185 Å². The fraction of sp³-hybridized carbons (Fsp3) is 0.0833. The number of ketones is 6. The molecule has 10 rings (SSSR count). The first-order chi connectivity index (χ1) is 40.2. The number of aryl methyl sites for hydroxylation is 3. The number of Topliss-reactive ketones (excluding diaryl/α,β-unsaturated/α-hetero) is 2. The fourth-order valence-corrected chi connectivity index (χ4v) is 8.25. The lowest BCUT2D eigenvalue weighted by Crippen LogP contribution is -2.02. The Labute approximate surface area is 521 Å². The van der Waals surface area contributed by atoms with Crippen molar-refractivity contribution >= 4 is 104 Å². The largest absolute Gasteiger partial charge is 0.295 e. The van der Waals surface area contributed by atoms with Crippen LogP contribution in [-0.2, 0) is 0 Å². The zero-order chi connectivity index (χ0) is 61.1. The molecule has 0 amide bonds. The topological polar surface area (TPSA) is 102 Å². The molecule has 0 fully saturated rings. The van der Waals surface area contributed by atoms with Gasteiger partial charge in [-0.15, -0.1) is 0 Å². The first-order valence-corrected chi connectivity index (χ1v) is 28.5. The summed E-state index contributed by atoms with van der Waals surface area (Å²) >= 11 is 34.3. The second-order valence-corrected chi connectivity index (χ2v) is 21.2. The lowest BCUT2D eigenvalue weighted by atomic mass is 9.99. The Morgan fingerprint density at radius 1 is 0.286 bits per heavy atom. The van der Waals surface area contributed by atoms with Gasteiger partial charge >= 0.3 is 0 Å². The molecule has 10 aromatic rings. The van der Waals surface area contributed by atoms with E-state index < -0.39 is 0 Å². The maximum atomic E-state index is 12.1. The van der Waals surface area contributed by atoms with Gasteiger partial charge in [0.1, 0.15) is 0 Å². The molecule has 10 aromatic carbocycles. The smallest absolute Gasteiger partial charge is 0.193 e. The summed E-state index contributed by atoms with van der Waals surface area (Å²) in [6, 6.07) is 73.4. The molecule has 0 aromatic heterocycles. The minimum Gasteiger partial charge on any atom is -0.295 e. The van der Waals surface area contributed by atoms with Gasteiger partial charge in [0.25, 0.3) is 0 Å². The van der Waals surface area contributed by atoms with Crippen LogP contribution in [0.25, 0.3) is 0 Å². The number of hydrogen-bond acceptors (Lipinski definition) is 6. The summed E-state index contributed by atoms with van der Waals surface area (Å²) in [5, 5.41) is 3.88. The number of rotatable bonds is 11. The molecule has 0 heterocycles. The zero-order valence-electron chi connectivity index (χ0n) is 46.6. The molecule has 0 aliphatic heterocycles. The standard InChI is InChI=1S/3C14H11ClO.C13H9ClO.C9H9ClO.C8H7ClO/c1-10-2-4-11(5-3-10)14(16)12-6-8-13(15)9-7-12;1-10-3-2-4-12(9-10)14(16)11-5-7-13(15)8-6-11;1-10-4-2-3-5-13(10)14(16)11-6-8-12(15)9-7-11;14-12-8-6-11(7-9-12)13(15)10-4-2-1-3-5-10;1-2-9(11)7-3-5-8(10)6-4-7;1-6(10)7-2-4-8(9)5-3-7/h3*2-9H,1H3;1-9H;3-6H,2H2,1H3;2-5H,1H3. The number of benzene rings is 10. The Kier molecular flexibility index (Phi) is 27.4. The molecule has 0 aliphatic carbocycles. The summed E-state index contributed by atoms with van der Waals surface area (Å²) in [5.41, 5.74) is 10.1. The molecule has 0 unspecified atom stereocenters. The van der Waals surface area contributed by atoms with E-state index in [0.717, 1.165) is 27.8 Å². The molecule has 0 saturated heterocycles. The maximum absolute atomic E-state index is 12.1. The van der Waals surface area contributed by atoms with Crippen molar-refractivity contribution in [1.29, 1.82) is 0 Å². The average molecular weight is 1230 g/mol. The van der Waals surface area contributed by atoms with E-state index in [2.05, 4.69) is 0 Å². The summed E-state index contributed by atoms with van der Waals surface area (Å²) in [6.07, 6.45) is 0.543. The summed E-state index contributed by atoms with van der Waals surface area (Å²) in [4.78, 5) is 69.9. The van der Waals surface area contributed by atoms with E-state index in [9.17, 15) is 28.8 Å². The third-order valence-corrected chi connectivity index (χ3v) is 13.7. The van der Waals surface area contributed by atoms with E-state index in [4.69, 9.17) is 69.6 Å². The van der Waals surface area contributed by atoms with Crippen molar-refractivity contribution in [1.82, 2.24) is 0 Å². The van der Waals surface area contributed by atoms with Crippen LogP contribution in [-0.4, -0.2) is 34.7 Å². The molecule has 0 N–H and O–H groups in total. The maximum Gasteiger partial charge on any atom is 0.193 e. The molecule has 0 saturated carbocycles. The second-order valence-electron chi connectivity index (χ2n) is 18.6. The van der Waals surface area contributed by atoms with Gasteiger partial charge in [0.2, 0.25) is 0 Å². The third kappa shape index (κ3) is 22.3. The van der Waals surface area contributed by atoms with Gasteiger partial charge in [0, 0.05) is 92.2 Å². The molecule has 0 spiro atoms. The van der Waals surface area contributed by atoms with Crippen LogP contribution in [0.15, 0.2) is 249 Å². The molecule has 12 heteroatoms. The predicted octanol–water partition coefficient (Wildman–Crippen LogP) is 20.7. The molecule has 0 atom stereocenters. The molecular weight excluding hydrogens is 1170 g/mol. The van der Waals surface area contributed by atoms with Crippen LogP contribution in [0.1, 0.15) is 121 Å². The molecular formula is C72H58Cl6O6. The number of hydrogen-bond donors (Lipinski definition) is 0. The van der Waals surface area contributed by atoms with Gasteiger partial charge in [0.15, 0.2) is 34.7 Å². The van der Waals surface area contributed by atoms with Crippen molar-refractivity contribution in [2.45, 2.75) is 41.0 Å². The summed E-state index contributed by atoms with van der Waals surface area (Å²) in [5.74, 6) is 0.331. The highest BCUT2D eigenvalue weighted by Gasteiger charge is 2.12. The third-order valence-electron chi connectivity index (χ3n) is 12.2. The van der Waals surface area contributed by atoms with E-state index >= 15 is 0 Å².